The molecule has 7 heteroatoms. The SMILES string of the molecule is O=C(NCCNS(=O)(=O)c1ccc(Br)cc1)C12CC3CC(CC(C3)C1)C2. The van der Waals surface area contributed by atoms with Crippen molar-refractivity contribution < 1.29 is 13.2 Å². The van der Waals surface area contributed by atoms with Gasteiger partial charge < -0.3 is 5.32 Å². The molecule has 0 aliphatic heterocycles. The maximum Gasteiger partial charge on any atom is 0.240 e. The molecule has 142 valence electrons. The lowest BCUT2D eigenvalue weighted by Crippen LogP contribution is -2.54. The molecule has 1 aromatic rings. The highest BCUT2D eigenvalue weighted by Crippen LogP contribution is 2.60. The Hall–Kier alpha value is -0.920. The number of carbonyl (C=O) groups is 1. The molecule has 4 bridgehead atoms. The summed E-state index contributed by atoms with van der Waals surface area (Å²) < 4.78 is 27.9. The summed E-state index contributed by atoms with van der Waals surface area (Å²) in [6, 6.07) is 6.51. The molecule has 5 nitrogen and oxygen atoms in total. The number of nitrogens with one attached hydrogen (secondary N) is 2. The number of hydrogen-bond acceptors (Lipinski definition) is 3. The summed E-state index contributed by atoms with van der Waals surface area (Å²) >= 11 is 3.30. The van der Waals surface area contributed by atoms with Gasteiger partial charge in [-0.15, -0.1) is 0 Å². The van der Waals surface area contributed by atoms with E-state index in [1.54, 1.807) is 24.3 Å². The van der Waals surface area contributed by atoms with Gasteiger partial charge in [0.1, 0.15) is 0 Å². The second-order valence-electron chi connectivity index (χ2n) is 8.31. The number of halogens is 1. The van der Waals surface area contributed by atoms with Crippen molar-refractivity contribution in [2.75, 3.05) is 13.1 Å². The Morgan fingerprint density at radius 1 is 1.00 bits per heavy atom. The van der Waals surface area contributed by atoms with E-state index < -0.39 is 10.0 Å². The van der Waals surface area contributed by atoms with Crippen molar-refractivity contribution >= 4 is 31.9 Å². The molecule has 4 fully saturated rings. The number of amides is 1. The fraction of sp³-hybridized carbons (Fsp3) is 0.632. The quantitative estimate of drug-likeness (QED) is 0.667. The topological polar surface area (TPSA) is 75.3 Å². The molecule has 0 unspecified atom stereocenters. The highest BCUT2D eigenvalue weighted by Gasteiger charge is 2.54. The molecular weight excluding hydrogens is 416 g/mol. The smallest absolute Gasteiger partial charge is 0.240 e. The van der Waals surface area contributed by atoms with Crippen molar-refractivity contribution in [1.29, 1.82) is 0 Å². The monoisotopic (exact) mass is 440 g/mol. The zero-order chi connectivity index (χ0) is 18.4. The van der Waals surface area contributed by atoms with Gasteiger partial charge in [0.15, 0.2) is 0 Å². The Morgan fingerprint density at radius 2 is 1.54 bits per heavy atom. The minimum atomic E-state index is -3.54. The van der Waals surface area contributed by atoms with Gasteiger partial charge >= 0.3 is 0 Å². The summed E-state index contributed by atoms with van der Waals surface area (Å²) in [5.41, 5.74) is -0.181. The summed E-state index contributed by atoms with van der Waals surface area (Å²) in [4.78, 5) is 13.1. The van der Waals surface area contributed by atoms with Crippen molar-refractivity contribution in [1.82, 2.24) is 10.0 Å². The van der Waals surface area contributed by atoms with Crippen molar-refractivity contribution in [2.24, 2.45) is 23.2 Å². The molecule has 1 aromatic carbocycles. The molecule has 0 radical (unpaired) electrons. The minimum absolute atomic E-state index is 0.138. The van der Waals surface area contributed by atoms with Crippen molar-refractivity contribution in [3.63, 3.8) is 0 Å². The average molecular weight is 441 g/mol. The summed E-state index contributed by atoms with van der Waals surface area (Å²) in [7, 11) is -3.54. The summed E-state index contributed by atoms with van der Waals surface area (Å²) in [5.74, 6) is 2.31. The molecule has 0 saturated heterocycles. The van der Waals surface area contributed by atoms with E-state index in [9.17, 15) is 13.2 Å². The highest BCUT2D eigenvalue weighted by molar-refractivity contribution is 9.10. The first-order chi connectivity index (χ1) is 12.4. The average Bonchev–Trinajstić information content (AvgIpc) is 2.58. The Morgan fingerprint density at radius 3 is 2.08 bits per heavy atom. The molecule has 2 N–H and O–H groups in total. The third-order valence-electron chi connectivity index (χ3n) is 6.35. The summed E-state index contributed by atoms with van der Waals surface area (Å²) in [6.07, 6.45) is 6.99. The molecule has 0 spiro atoms. The van der Waals surface area contributed by atoms with Crippen molar-refractivity contribution in [3.05, 3.63) is 28.7 Å². The molecule has 1 amide bonds. The maximum atomic E-state index is 12.8. The number of hydrogen-bond donors (Lipinski definition) is 2. The standard InChI is InChI=1S/C19H25BrN2O3S/c20-16-1-3-17(4-2-16)26(24,25)22-6-5-21-18(23)19-10-13-7-14(11-19)9-15(8-13)12-19/h1-4,13-15,22H,5-12H2,(H,21,23). The van der Waals surface area contributed by atoms with Crippen LogP contribution in [-0.4, -0.2) is 27.4 Å². The van der Waals surface area contributed by atoms with Crippen LogP contribution in [0.25, 0.3) is 0 Å². The Kier molecular flexibility index (Phi) is 4.90. The predicted molar refractivity (Wildman–Crippen MR) is 103 cm³/mol. The second kappa shape index (κ2) is 6.91. The molecule has 4 saturated carbocycles. The van der Waals surface area contributed by atoms with Crippen LogP contribution in [0.3, 0.4) is 0 Å². The third kappa shape index (κ3) is 3.58. The lowest BCUT2D eigenvalue weighted by atomic mass is 9.49. The van der Waals surface area contributed by atoms with Crippen LogP contribution in [0.15, 0.2) is 33.6 Å². The first-order valence-corrected chi connectivity index (χ1v) is 11.7. The van der Waals surface area contributed by atoms with E-state index in [4.69, 9.17) is 0 Å². The third-order valence-corrected chi connectivity index (χ3v) is 8.35. The first kappa shape index (κ1) is 18.4. The van der Waals surface area contributed by atoms with Crippen molar-refractivity contribution in [3.8, 4) is 0 Å². The van der Waals surface area contributed by atoms with Crippen LogP contribution < -0.4 is 10.0 Å². The molecule has 0 heterocycles. The van der Waals surface area contributed by atoms with E-state index in [0.717, 1.165) is 41.5 Å². The van der Waals surface area contributed by atoms with Gasteiger partial charge in [-0.05, 0) is 80.5 Å². The fourth-order valence-corrected chi connectivity index (χ4v) is 6.93. The Balaban J connectivity index is 1.30. The zero-order valence-electron chi connectivity index (χ0n) is 14.7. The number of rotatable bonds is 6. The predicted octanol–water partition coefficient (Wildman–Crippen LogP) is 3.06. The van der Waals surface area contributed by atoms with E-state index in [0.29, 0.717) is 6.54 Å². The lowest BCUT2D eigenvalue weighted by Gasteiger charge is -2.55. The van der Waals surface area contributed by atoms with Gasteiger partial charge in [-0.2, -0.15) is 0 Å². The molecule has 0 atom stereocenters. The van der Waals surface area contributed by atoms with Crippen LogP contribution in [0.4, 0.5) is 0 Å². The van der Waals surface area contributed by atoms with Crippen LogP contribution in [0, 0.1) is 23.2 Å². The van der Waals surface area contributed by atoms with Crippen LogP contribution in [-0.2, 0) is 14.8 Å². The molecule has 5 rings (SSSR count). The van der Waals surface area contributed by atoms with Gasteiger partial charge in [0, 0.05) is 23.0 Å². The largest absolute Gasteiger partial charge is 0.354 e. The minimum Gasteiger partial charge on any atom is -0.354 e. The van der Waals surface area contributed by atoms with Gasteiger partial charge in [0.25, 0.3) is 0 Å². The zero-order valence-corrected chi connectivity index (χ0v) is 17.1. The van der Waals surface area contributed by atoms with Gasteiger partial charge in [0.2, 0.25) is 15.9 Å². The Bertz CT molecular complexity index is 756. The van der Waals surface area contributed by atoms with Gasteiger partial charge in [-0.3, -0.25) is 4.79 Å². The first-order valence-electron chi connectivity index (χ1n) is 9.40. The van der Waals surface area contributed by atoms with E-state index >= 15 is 0 Å². The van der Waals surface area contributed by atoms with E-state index in [-0.39, 0.29) is 22.8 Å². The number of benzene rings is 1. The summed E-state index contributed by atoms with van der Waals surface area (Å²) in [6.45, 7) is 0.535. The van der Waals surface area contributed by atoms with Crippen LogP contribution in [0.2, 0.25) is 0 Å². The lowest BCUT2D eigenvalue weighted by molar-refractivity contribution is -0.146. The highest BCUT2D eigenvalue weighted by atomic mass is 79.9. The number of sulfonamides is 1. The van der Waals surface area contributed by atoms with E-state index in [1.807, 2.05) is 0 Å². The van der Waals surface area contributed by atoms with E-state index in [2.05, 4.69) is 26.0 Å². The molecule has 4 aliphatic carbocycles. The molecule has 4 aliphatic rings. The molecular formula is C19H25BrN2O3S. The van der Waals surface area contributed by atoms with Gasteiger partial charge in [0.05, 0.1) is 4.90 Å². The summed E-state index contributed by atoms with van der Waals surface area (Å²) in [5, 5.41) is 3.00. The number of carbonyl (C=O) groups excluding carboxylic acids is 1. The van der Waals surface area contributed by atoms with Gasteiger partial charge in [-0.1, -0.05) is 15.9 Å². The van der Waals surface area contributed by atoms with E-state index in [1.165, 1.54) is 19.3 Å². The normalized spacial score (nSPS) is 32.6. The maximum absolute atomic E-state index is 12.8. The molecule has 26 heavy (non-hydrogen) atoms. The van der Waals surface area contributed by atoms with Gasteiger partial charge in [-0.25, -0.2) is 13.1 Å². The van der Waals surface area contributed by atoms with Crippen molar-refractivity contribution in [2.45, 2.75) is 43.4 Å². The van der Waals surface area contributed by atoms with Crippen LogP contribution >= 0.6 is 15.9 Å². The second-order valence-corrected chi connectivity index (χ2v) is 11.0. The van der Waals surface area contributed by atoms with Crippen LogP contribution in [0.5, 0.6) is 0 Å². The van der Waals surface area contributed by atoms with Crippen LogP contribution in [0.1, 0.15) is 38.5 Å². The Labute approximate surface area is 163 Å². The fourth-order valence-electron chi connectivity index (χ4n) is 5.63. The molecule has 0 aromatic heterocycles.